The number of nitrogens with zero attached hydrogens (tertiary/aromatic N) is 1. The van der Waals surface area contributed by atoms with Crippen molar-refractivity contribution in [3.8, 4) is 0 Å². The third kappa shape index (κ3) is 3.65. The zero-order chi connectivity index (χ0) is 14.9. The smallest absolute Gasteiger partial charge is 0.244 e. The van der Waals surface area contributed by atoms with Crippen LogP contribution in [-0.4, -0.2) is 45.1 Å². The molecule has 1 N–H and O–H groups in total. The van der Waals surface area contributed by atoms with Crippen LogP contribution >= 0.6 is 15.9 Å². The molecule has 1 aliphatic heterocycles. The van der Waals surface area contributed by atoms with Crippen molar-refractivity contribution in [2.24, 2.45) is 0 Å². The summed E-state index contributed by atoms with van der Waals surface area (Å²) in [7, 11) is -3.44. The van der Waals surface area contributed by atoms with Gasteiger partial charge < -0.3 is 10.1 Å². The fourth-order valence-electron chi connectivity index (χ4n) is 2.34. The lowest BCUT2D eigenvalue weighted by atomic mass is 10.2. The molecule has 1 saturated carbocycles. The van der Waals surface area contributed by atoms with Gasteiger partial charge in [0.05, 0.1) is 18.1 Å². The van der Waals surface area contributed by atoms with E-state index in [0.717, 1.165) is 12.1 Å². The van der Waals surface area contributed by atoms with Crippen molar-refractivity contribution in [3.63, 3.8) is 0 Å². The summed E-state index contributed by atoms with van der Waals surface area (Å²) in [6.45, 7) is 2.53. The van der Waals surface area contributed by atoms with Crippen molar-refractivity contribution in [2.75, 3.05) is 26.3 Å². The number of rotatable bonds is 5. The van der Waals surface area contributed by atoms with Gasteiger partial charge in [-0.05, 0) is 46.5 Å². The predicted octanol–water partition coefficient (Wildman–Crippen LogP) is 1.72. The number of benzene rings is 1. The van der Waals surface area contributed by atoms with Gasteiger partial charge in [-0.25, -0.2) is 8.42 Å². The van der Waals surface area contributed by atoms with E-state index in [4.69, 9.17) is 4.74 Å². The normalized spacial score (nSPS) is 20.6. The first kappa shape index (κ1) is 15.4. The number of nitrogens with one attached hydrogen (secondary N) is 1. The van der Waals surface area contributed by atoms with E-state index in [1.165, 1.54) is 17.1 Å². The number of halogens is 1. The minimum absolute atomic E-state index is 0.333. The van der Waals surface area contributed by atoms with E-state index in [9.17, 15) is 8.42 Å². The zero-order valence-electron chi connectivity index (χ0n) is 11.7. The molecule has 0 bridgehead atoms. The number of sulfonamides is 1. The Kier molecular flexibility index (Phi) is 4.66. The minimum Gasteiger partial charge on any atom is -0.379 e. The summed E-state index contributed by atoms with van der Waals surface area (Å²) in [4.78, 5) is 0.333. The highest BCUT2D eigenvalue weighted by molar-refractivity contribution is 9.10. The first-order valence-corrected chi connectivity index (χ1v) is 9.40. The minimum atomic E-state index is -3.44. The zero-order valence-corrected chi connectivity index (χ0v) is 14.1. The Labute approximate surface area is 133 Å². The largest absolute Gasteiger partial charge is 0.379 e. The Hall–Kier alpha value is -0.470. The van der Waals surface area contributed by atoms with Crippen LogP contribution in [0, 0.1) is 0 Å². The molecule has 21 heavy (non-hydrogen) atoms. The van der Waals surface area contributed by atoms with E-state index < -0.39 is 10.0 Å². The molecular weight excluding hydrogens is 356 g/mol. The van der Waals surface area contributed by atoms with Gasteiger partial charge in [0, 0.05) is 30.1 Å². The van der Waals surface area contributed by atoms with Crippen molar-refractivity contribution in [1.82, 2.24) is 9.62 Å². The number of hydrogen-bond acceptors (Lipinski definition) is 4. The van der Waals surface area contributed by atoms with Gasteiger partial charge in [-0.15, -0.1) is 0 Å². The Morgan fingerprint density at radius 1 is 1.29 bits per heavy atom. The molecule has 116 valence electrons. The monoisotopic (exact) mass is 374 g/mol. The summed E-state index contributed by atoms with van der Waals surface area (Å²) in [6.07, 6.45) is 2.48. The summed E-state index contributed by atoms with van der Waals surface area (Å²) >= 11 is 3.41. The average molecular weight is 375 g/mol. The molecule has 0 radical (unpaired) electrons. The van der Waals surface area contributed by atoms with Crippen LogP contribution in [-0.2, 0) is 21.3 Å². The van der Waals surface area contributed by atoms with Crippen LogP contribution in [0.15, 0.2) is 27.6 Å². The van der Waals surface area contributed by atoms with Gasteiger partial charge in [-0.2, -0.15) is 4.31 Å². The van der Waals surface area contributed by atoms with E-state index in [1.54, 1.807) is 6.07 Å². The lowest BCUT2D eigenvalue weighted by Crippen LogP contribution is -2.40. The first-order chi connectivity index (χ1) is 10.1. The van der Waals surface area contributed by atoms with Crippen LogP contribution in [0.25, 0.3) is 0 Å². The van der Waals surface area contributed by atoms with Crippen molar-refractivity contribution in [3.05, 3.63) is 28.2 Å². The molecule has 0 atom stereocenters. The number of ether oxygens (including phenoxy) is 1. The first-order valence-electron chi connectivity index (χ1n) is 7.17. The highest BCUT2D eigenvalue weighted by Gasteiger charge is 2.28. The Morgan fingerprint density at radius 3 is 2.62 bits per heavy atom. The molecule has 0 amide bonds. The molecule has 1 aromatic rings. The van der Waals surface area contributed by atoms with Crippen molar-refractivity contribution >= 4 is 26.0 Å². The van der Waals surface area contributed by atoms with Gasteiger partial charge in [0.25, 0.3) is 0 Å². The van der Waals surface area contributed by atoms with E-state index in [1.807, 2.05) is 12.1 Å². The molecule has 1 aliphatic carbocycles. The van der Waals surface area contributed by atoms with Gasteiger partial charge in [0.15, 0.2) is 0 Å². The van der Waals surface area contributed by atoms with Gasteiger partial charge in [-0.1, -0.05) is 6.07 Å². The van der Waals surface area contributed by atoms with Crippen LogP contribution in [0.5, 0.6) is 0 Å². The summed E-state index contributed by atoms with van der Waals surface area (Å²) in [5.74, 6) is 0. The lowest BCUT2D eigenvalue weighted by Gasteiger charge is -2.26. The maximum Gasteiger partial charge on any atom is 0.244 e. The van der Waals surface area contributed by atoms with Crippen molar-refractivity contribution in [2.45, 2.75) is 30.3 Å². The maximum atomic E-state index is 12.6. The summed E-state index contributed by atoms with van der Waals surface area (Å²) in [6, 6.07) is 6.11. The highest BCUT2D eigenvalue weighted by atomic mass is 79.9. The Morgan fingerprint density at radius 2 is 2.00 bits per heavy atom. The lowest BCUT2D eigenvalue weighted by molar-refractivity contribution is 0.0730. The standard InChI is InChI=1S/C14H19BrN2O3S/c15-13-9-11(10-16-12-2-3-12)1-4-14(13)21(18,19)17-5-7-20-8-6-17/h1,4,9,12,16H,2-3,5-8,10H2. The van der Waals surface area contributed by atoms with Gasteiger partial charge in [-0.3, -0.25) is 0 Å². The van der Waals surface area contributed by atoms with Crippen LogP contribution in [0.1, 0.15) is 18.4 Å². The van der Waals surface area contributed by atoms with Gasteiger partial charge in [0.2, 0.25) is 10.0 Å². The summed E-state index contributed by atoms with van der Waals surface area (Å²) in [5.41, 5.74) is 1.09. The second-order valence-corrected chi connectivity index (χ2v) is 8.20. The number of morpholine rings is 1. The molecule has 0 aromatic heterocycles. The fraction of sp³-hybridized carbons (Fsp3) is 0.571. The van der Waals surface area contributed by atoms with Crippen LogP contribution in [0.4, 0.5) is 0 Å². The van der Waals surface area contributed by atoms with Crippen LogP contribution < -0.4 is 5.32 Å². The van der Waals surface area contributed by atoms with E-state index in [2.05, 4.69) is 21.2 Å². The predicted molar refractivity (Wildman–Crippen MR) is 83.6 cm³/mol. The molecule has 5 nitrogen and oxygen atoms in total. The van der Waals surface area contributed by atoms with Gasteiger partial charge in [0.1, 0.15) is 0 Å². The van der Waals surface area contributed by atoms with Crippen LogP contribution in [0.3, 0.4) is 0 Å². The summed E-state index contributed by atoms with van der Waals surface area (Å²) < 4.78 is 32.6. The average Bonchev–Trinajstić information content (AvgIpc) is 3.30. The molecule has 7 heteroatoms. The fourth-order valence-corrected chi connectivity index (χ4v) is 4.83. The second-order valence-electron chi connectivity index (χ2n) is 5.44. The van der Waals surface area contributed by atoms with Crippen molar-refractivity contribution in [1.29, 1.82) is 0 Å². The Balaban J connectivity index is 1.77. The van der Waals surface area contributed by atoms with Gasteiger partial charge >= 0.3 is 0 Å². The van der Waals surface area contributed by atoms with Crippen molar-refractivity contribution < 1.29 is 13.2 Å². The second kappa shape index (κ2) is 6.34. The molecule has 1 saturated heterocycles. The molecule has 3 rings (SSSR count). The summed E-state index contributed by atoms with van der Waals surface area (Å²) in [5, 5.41) is 3.42. The van der Waals surface area contributed by atoms with Crippen LogP contribution in [0.2, 0.25) is 0 Å². The molecular formula is C14H19BrN2O3S. The third-order valence-electron chi connectivity index (χ3n) is 3.76. The Bertz CT molecular complexity index is 611. The third-order valence-corrected chi connectivity index (χ3v) is 6.63. The molecule has 2 fully saturated rings. The van der Waals surface area contributed by atoms with E-state index in [-0.39, 0.29) is 0 Å². The SMILES string of the molecule is O=S(=O)(c1ccc(CNC2CC2)cc1Br)N1CCOCC1. The van der Waals surface area contributed by atoms with E-state index >= 15 is 0 Å². The maximum absolute atomic E-state index is 12.6. The molecule has 0 unspecified atom stereocenters. The quantitative estimate of drug-likeness (QED) is 0.852. The highest BCUT2D eigenvalue weighted by Crippen LogP contribution is 2.27. The molecule has 0 spiro atoms. The van der Waals surface area contributed by atoms with E-state index in [0.29, 0.717) is 41.7 Å². The molecule has 1 heterocycles. The molecule has 2 aliphatic rings. The topological polar surface area (TPSA) is 58.6 Å². The molecule has 1 aromatic carbocycles. The number of hydrogen-bond donors (Lipinski definition) is 1.